The zero-order valence-electron chi connectivity index (χ0n) is 8.79. The van der Waals surface area contributed by atoms with Gasteiger partial charge in [0.05, 0.1) is 11.9 Å². The summed E-state index contributed by atoms with van der Waals surface area (Å²) >= 11 is 0. The standard InChI is InChI=1S/C10H11N5O/c1-2-10(16)14-9-4-3-8(5-12-9)15-7-11-6-13-15/h3-7H,2H2,1H3,(H,12,14,16). The minimum atomic E-state index is -0.0546. The van der Waals surface area contributed by atoms with E-state index in [2.05, 4.69) is 20.4 Å². The van der Waals surface area contributed by atoms with Crippen molar-refractivity contribution in [3.05, 3.63) is 31.0 Å². The molecule has 0 saturated heterocycles. The number of amides is 1. The van der Waals surface area contributed by atoms with E-state index in [1.54, 1.807) is 30.2 Å². The molecule has 16 heavy (non-hydrogen) atoms. The number of anilines is 1. The van der Waals surface area contributed by atoms with Gasteiger partial charge in [0.1, 0.15) is 18.5 Å². The lowest BCUT2D eigenvalue weighted by Crippen LogP contribution is -2.10. The molecule has 2 aromatic rings. The molecule has 82 valence electrons. The minimum absolute atomic E-state index is 0.0546. The van der Waals surface area contributed by atoms with Gasteiger partial charge in [-0.1, -0.05) is 6.92 Å². The van der Waals surface area contributed by atoms with Crippen LogP contribution in [0.25, 0.3) is 5.69 Å². The number of pyridine rings is 1. The van der Waals surface area contributed by atoms with Crippen LogP contribution in [0.5, 0.6) is 0 Å². The monoisotopic (exact) mass is 217 g/mol. The number of carbonyl (C=O) groups excluding carboxylic acids is 1. The van der Waals surface area contributed by atoms with E-state index in [0.29, 0.717) is 12.2 Å². The minimum Gasteiger partial charge on any atom is -0.311 e. The molecule has 0 aliphatic carbocycles. The first-order valence-corrected chi connectivity index (χ1v) is 4.90. The third-order valence-corrected chi connectivity index (χ3v) is 2.02. The van der Waals surface area contributed by atoms with Crippen LogP contribution in [0, 0.1) is 0 Å². The lowest BCUT2D eigenvalue weighted by atomic mass is 10.4. The van der Waals surface area contributed by atoms with Crippen molar-refractivity contribution in [1.82, 2.24) is 19.7 Å². The van der Waals surface area contributed by atoms with Crippen LogP contribution in [0.1, 0.15) is 13.3 Å². The maximum absolute atomic E-state index is 11.1. The van der Waals surface area contributed by atoms with E-state index in [9.17, 15) is 4.79 Å². The summed E-state index contributed by atoms with van der Waals surface area (Å²) in [6, 6.07) is 3.54. The van der Waals surface area contributed by atoms with Gasteiger partial charge < -0.3 is 5.32 Å². The summed E-state index contributed by atoms with van der Waals surface area (Å²) in [4.78, 5) is 19.1. The number of aromatic nitrogens is 4. The molecular weight excluding hydrogens is 206 g/mol. The second-order valence-corrected chi connectivity index (χ2v) is 3.14. The molecular formula is C10H11N5O. The van der Waals surface area contributed by atoms with Gasteiger partial charge in [0.2, 0.25) is 5.91 Å². The lowest BCUT2D eigenvalue weighted by molar-refractivity contribution is -0.115. The van der Waals surface area contributed by atoms with Crippen molar-refractivity contribution >= 4 is 11.7 Å². The highest BCUT2D eigenvalue weighted by molar-refractivity contribution is 5.89. The number of nitrogens with one attached hydrogen (secondary N) is 1. The quantitative estimate of drug-likeness (QED) is 0.832. The molecule has 6 heteroatoms. The maximum atomic E-state index is 11.1. The van der Waals surface area contributed by atoms with E-state index >= 15 is 0 Å². The average molecular weight is 217 g/mol. The number of hydrogen-bond donors (Lipinski definition) is 1. The molecule has 6 nitrogen and oxygen atoms in total. The van der Waals surface area contributed by atoms with Gasteiger partial charge in [0.25, 0.3) is 0 Å². The Morgan fingerprint density at radius 1 is 1.50 bits per heavy atom. The first-order chi connectivity index (χ1) is 7.79. The van der Waals surface area contributed by atoms with Gasteiger partial charge in [-0.2, -0.15) is 5.10 Å². The Hall–Kier alpha value is -2.24. The molecule has 1 N–H and O–H groups in total. The maximum Gasteiger partial charge on any atom is 0.225 e. The SMILES string of the molecule is CCC(=O)Nc1ccc(-n2cncn2)cn1. The van der Waals surface area contributed by atoms with Crippen molar-refractivity contribution in [2.75, 3.05) is 5.32 Å². The fourth-order valence-corrected chi connectivity index (χ4v) is 1.17. The fraction of sp³-hybridized carbons (Fsp3) is 0.200. The molecule has 0 bridgehead atoms. The lowest BCUT2D eigenvalue weighted by Gasteiger charge is -2.03. The molecule has 2 rings (SSSR count). The van der Waals surface area contributed by atoms with Gasteiger partial charge in [-0.15, -0.1) is 0 Å². The molecule has 0 aromatic carbocycles. The Morgan fingerprint density at radius 2 is 2.38 bits per heavy atom. The van der Waals surface area contributed by atoms with Crippen LogP contribution in [0.15, 0.2) is 31.0 Å². The van der Waals surface area contributed by atoms with E-state index in [1.807, 2.05) is 6.07 Å². The second-order valence-electron chi connectivity index (χ2n) is 3.14. The Labute approximate surface area is 92.3 Å². The molecule has 2 heterocycles. The van der Waals surface area contributed by atoms with Crippen LogP contribution in [-0.2, 0) is 4.79 Å². The Morgan fingerprint density at radius 3 is 2.94 bits per heavy atom. The molecule has 0 saturated carbocycles. The molecule has 0 aliphatic rings. The van der Waals surface area contributed by atoms with Gasteiger partial charge in [-0.3, -0.25) is 4.79 Å². The molecule has 0 fully saturated rings. The van der Waals surface area contributed by atoms with Crippen molar-refractivity contribution in [1.29, 1.82) is 0 Å². The summed E-state index contributed by atoms with van der Waals surface area (Å²) in [5.41, 5.74) is 0.798. The first-order valence-electron chi connectivity index (χ1n) is 4.90. The van der Waals surface area contributed by atoms with Crippen LogP contribution < -0.4 is 5.32 Å². The van der Waals surface area contributed by atoms with Crippen LogP contribution >= 0.6 is 0 Å². The Bertz CT molecular complexity index is 462. The summed E-state index contributed by atoms with van der Waals surface area (Å²) in [6.45, 7) is 1.79. The third kappa shape index (κ3) is 2.22. The number of nitrogens with zero attached hydrogens (tertiary/aromatic N) is 4. The smallest absolute Gasteiger partial charge is 0.225 e. The highest BCUT2D eigenvalue weighted by Gasteiger charge is 2.01. The van der Waals surface area contributed by atoms with E-state index in [-0.39, 0.29) is 5.91 Å². The van der Waals surface area contributed by atoms with Crippen molar-refractivity contribution in [3.63, 3.8) is 0 Å². The van der Waals surface area contributed by atoms with Crippen molar-refractivity contribution in [2.45, 2.75) is 13.3 Å². The summed E-state index contributed by atoms with van der Waals surface area (Å²) in [7, 11) is 0. The van der Waals surface area contributed by atoms with Gasteiger partial charge >= 0.3 is 0 Å². The van der Waals surface area contributed by atoms with Gasteiger partial charge in [0, 0.05) is 6.42 Å². The zero-order valence-corrected chi connectivity index (χ0v) is 8.79. The van der Waals surface area contributed by atoms with E-state index in [0.717, 1.165) is 5.69 Å². The largest absolute Gasteiger partial charge is 0.311 e. The summed E-state index contributed by atoms with van der Waals surface area (Å²) in [5, 5.41) is 6.64. The van der Waals surface area contributed by atoms with Gasteiger partial charge in [0.15, 0.2) is 0 Å². The first kappa shape index (κ1) is 10.3. The Balaban J connectivity index is 2.14. The van der Waals surface area contributed by atoms with Crippen LogP contribution in [0.4, 0.5) is 5.82 Å². The van der Waals surface area contributed by atoms with Gasteiger partial charge in [-0.05, 0) is 12.1 Å². The summed E-state index contributed by atoms with van der Waals surface area (Å²) in [5.74, 6) is 0.483. The van der Waals surface area contributed by atoms with Crippen molar-refractivity contribution < 1.29 is 4.79 Å². The molecule has 0 atom stereocenters. The highest BCUT2D eigenvalue weighted by atomic mass is 16.1. The number of hydrogen-bond acceptors (Lipinski definition) is 4. The van der Waals surface area contributed by atoms with Crippen LogP contribution in [0.3, 0.4) is 0 Å². The molecule has 1 amide bonds. The Kier molecular flexibility index (Phi) is 2.90. The van der Waals surface area contributed by atoms with Crippen molar-refractivity contribution in [3.8, 4) is 5.69 Å². The predicted molar refractivity (Wildman–Crippen MR) is 58.1 cm³/mol. The third-order valence-electron chi connectivity index (χ3n) is 2.02. The highest BCUT2D eigenvalue weighted by Crippen LogP contribution is 2.08. The van der Waals surface area contributed by atoms with Crippen LogP contribution in [0.2, 0.25) is 0 Å². The molecule has 2 aromatic heterocycles. The van der Waals surface area contributed by atoms with E-state index < -0.39 is 0 Å². The average Bonchev–Trinajstić information content (AvgIpc) is 2.83. The van der Waals surface area contributed by atoms with Gasteiger partial charge in [-0.25, -0.2) is 14.6 Å². The topological polar surface area (TPSA) is 72.7 Å². The molecule has 0 aliphatic heterocycles. The predicted octanol–water partition coefficient (Wildman–Crippen LogP) is 1.01. The summed E-state index contributed by atoms with van der Waals surface area (Å²) < 4.78 is 1.60. The molecule has 0 spiro atoms. The van der Waals surface area contributed by atoms with E-state index in [1.165, 1.54) is 6.33 Å². The normalized spacial score (nSPS) is 10.1. The van der Waals surface area contributed by atoms with Crippen LogP contribution in [-0.4, -0.2) is 25.7 Å². The molecule has 0 unspecified atom stereocenters. The second kappa shape index (κ2) is 4.52. The van der Waals surface area contributed by atoms with Crippen molar-refractivity contribution in [2.24, 2.45) is 0 Å². The summed E-state index contributed by atoms with van der Waals surface area (Å²) in [6.07, 6.45) is 5.10. The zero-order chi connectivity index (χ0) is 11.4. The fourth-order valence-electron chi connectivity index (χ4n) is 1.17. The number of rotatable bonds is 3. The number of carbonyl (C=O) groups is 1. The van der Waals surface area contributed by atoms with E-state index in [4.69, 9.17) is 0 Å². The molecule has 0 radical (unpaired) electrons.